The molecule has 0 aliphatic heterocycles. The number of likely N-dealkylation sites (N-methyl/N-ethyl adjacent to an activating group) is 1. The van der Waals surface area contributed by atoms with Crippen LogP contribution in [-0.2, 0) is 6.42 Å². The van der Waals surface area contributed by atoms with Crippen LogP contribution in [0.4, 0.5) is 5.69 Å². The highest BCUT2D eigenvalue weighted by Crippen LogP contribution is 2.14. The third kappa shape index (κ3) is 4.67. The second-order valence-corrected chi connectivity index (χ2v) is 5.10. The number of anilines is 1. The summed E-state index contributed by atoms with van der Waals surface area (Å²) in [5.41, 5.74) is 2.54. The first kappa shape index (κ1) is 15.0. The predicted molar refractivity (Wildman–Crippen MR) is 78.2 cm³/mol. The van der Waals surface area contributed by atoms with Crippen LogP contribution in [0.1, 0.15) is 26.3 Å². The molecule has 3 heteroatoms. The zero-order chi connectivity index (χ0) is 13.5. The van der Waals surface area contributed by atoms with E-state index in [4.69, 9.17) is 0 Å². The van der Waals surface area contributed by atoms with Crippen LogP contribution in [0.25, 0.3) is 0 Å². The van der Waals surface area contributed by atoms with Crippen molar-refractivity contribution >= 4 is 5.69 Å². The van der Waals surface area contributed by atoms with Crippen molar-refractivity contribution in [1.29, 1.82) is 0 Å². The Bertz CT molecular complexity index is 335. The standard InChI is InChI=1S/C15H26N2O/c1-5-13-6-8-15(9-7-13)17(4)10-14(11-18)16-12(2)3/h6-9,12,14,16,18H,5,10-11H2,1-4H3. The lowest BCUT2D eigenvalue weighted by molar-refractivity contribution is 0.237. The Morgan fingerprint density at radius 3 is 2.28 bits per heavy atom. The number of aryl methyl sites for hydroxylation is 1. The minimum atomic E-state index is 0.112. The largest absolute Gasteiger partial charge is 0.395 e. The second kappa shape index (κ2) is 7.39. The summed E-state index contributed by atoms with van der Waals surface area (Å²) >= 11 is 0. The van der Waals surface area contributed by atoms with Crippen LogP contribution in [0.15, 0.2) is 24.3 Å². The lowest BCUT2D eigenvalue weighted by atomic mass is 10.1. The Morgan fingerprint density at radius 1 is 1.22 bits per heavy atom. The SMILES string of the molecule is CCc1ccc(N(C)CC(CO)NC(C)C)cc1. The van der Waals surface area contributed by atoms with Gasteiger partial charge in [-0.1, -0.05) is 32.9 Å². The van der Waals surface area contributed by atoms with Gasteiger partial charge in [-0.15, -0.1) is 0 Å². The van der Waals surface area contributed by atoms with Crippen LogP contribution in [0.5, 0.6) is 0 Å². The average molecular weight is 250 g/mol. The maximum Gasteiger partial charge on any atom is 0.0602 e. The minimum Gasteiger partial charge on any atom is -0.395 e. The van der Waals surface area contributed by atoms with Gasteiger partial charge in [0.2, 0.25) is 0 Å². The van der Waals surface area contributed by atoms with Gasteiger partial charge < -0.3 is 15.3 Å². The van der Waals surface area contributed by atoms with Gasteiger partial charge in [-0.2, -0.15) is 0 Å². The van der Waals surface area contributed by atoms with Crippen molar-refractivity contribution in [3.8, 4) is 0 Å². The Morgan fingerprint density at radius 2 is 1.83 bits per heavy atom. The van der Waals surface area contributed by atoms with E-state index >= 15 is 0 Å². The van der Waals surface area contributed by atoms with E-state index in [-0.39, 0.29) is 12.6 Å². The maximum absolute atomic E-state index is 9.36. The first-order valence-corrected chi connectivity index (χ1v) is 6.73. The maximum atomic E-state index is 9.36. The van der Waals surface area contributed by atoms with Crippen molar-refractivity contribution in [2.45, 2.75) is 39.3 Å². The average Bonchev–Trinajstić information content (AvgIpc) is 2.37. The summed E-state index contributed by atoms with van der Waals surface area (Å²) < 4.78 is 0. The molecule has 1 aromatic carbocycles. The van der Waals surface area contributed by atoms with Crippen molar-refractivity contribution in [2.75, 3.05) is 25.1 Å². The van der Waals surface area contributed by atoms with E-state index in [0.29, 0.717) is 6.04 Å². The molecule has 3 nitrogen and oxygen atoms in total. The van der Waals surface area contributed by atoms with Gasteiger partial charge >= 0.3 is 0 Å². The highest BCUT2D eigenvalue weighted by molar-refractivity contribution is 5.47. The number of nitrogens with one attached hydrogen (secondary N) is 1. The first-order chi connectivity index (χ1) is 8.56. The molecule has 0 aliphatic carbocycles. The lowest BCUT2D eigenvalue weighted by Crippen LogP contribution is -2.45. The van der Waals surface area contributed by atoms with Gasteiger partial charge in [0.15, 0.2) is 0 Å². The number of hydrogen-bond donors (Lipinski definition) is 2. The Labute approximate surface area is 111 Å². The van der Waals surface area contributed by atoms with Gasteiger partial charge in [-0.3, -0.25) is 0 Å². The molecule has 1 atom stereocenters. The Hall–Kier alpha value is -1.06. The molecule has 1 rings (SSSR count). The molecule has 18 heavy (non-hydrogen) atoms. The van der Waals surface area contributed by atoms with Crippen molar-refractivity contribution < 1.29 is 5.11 Å². The first-order valence-electron chi connectivity index (χ1n) is 6.73. The number of nitrogens with zero attached hydrogens (tertiary/aromatic N) is 1. The Balaban J connectivity index is 2.59. The molecular weight excluding hydrogens is 224 g/mol. The molecule has 1 aromatic rings. The molecule has 0 saturated carbocycles. The van der Waals surface area contributed by atoms with Crippen LogP contribution in [-0.4, -0.2) is 37.4 Å². The molecule has 0 radical (unpaired) electrons. The van der Waals surface area contributed by atoms with Crippen molar-refractivity contribution in [3.05, 3.63) is 29.8 Å². The van der Waals surface area contributed by atoms with Crippen molar-refractivity contribution in [2.24, 2.45) is 0 Å². The van der Waals surface area contributed by atoms with Gasteiger partial charge in [-0.25, -0.2) is 0 Å². The Kier molecular flexibility index (Phi) is 6.16. The molecule has 0 bridgehead atoms. The van der Waals surface area contributed by atoms with E-state index < -0.39 is 0 Å². The molecule has 0 spiro atoms. The van der Waals surface area contributed by atoms with Gasteiger partial charge in [-0.05, 0) is 24.1 Å². The summed E-state index contributed by atoms with van der Waals surface area (Å²) in [5, 5.41) is 12.7. The zero-order valence-corrected chi connectivity index (χ0v) is 12.0. The summed E-state index contributed by atoms with van der Waals surface area (Å²) in [7, 11) is 2.06. The zero-order valence-electron chi connectivity index (χ0n) is 12.0. The van der Waals surface area contributed by atoms with Crippen LogP contribution in [0, 0.1) is 0 Å². The van der Waals surface area contributed by atoms with Crippen molar-refractivity contribution in [1.82, 2.24) is 5.32 Å². The lowest BCUT2D eigenvalue weighted by Gasteiger charge is -2.27. The third-order valence-electron chi connectivity index (χ3n) is 3.07. The van der Waals surface area contributed by atoms with E-state index in [1.165, 1.54) is 11.3 Å². The van der Waals surface area contributed by atoms with Crippen LogP contribution < -0.4 is 10.2 Å². The topological polar surface area (TPSA) is 35.5 Å². The number of benzene rings is 1. The van der Waals surface area contributed by atoms with Crippen LogP contribution >= 0.6 is 0 Å². The van der Waals surface area contributed by atoms with Gasteiger partial charge in [0.1, 0.15) is 0 Å². The normalized spacial score (nSPS) is 12.8. The minimum absolute atomic E-state index is 0.112. The van der Waals surface area contributed by atoms with Crippen molar-refractivity contribution in [3.63, 3.8) is 0 Å². The van der Waals surface area contributed by atoms with Gasteiger partial charge in [0.05, 0.1) is 6.61 Å². The van der Waals surface area contributed by atoms with Gasteiger partial charge in [0, 0.05) is 31.4 Å². The fourth-order valence-electron chi connectivity index (χ4n) is 2.06. The fraction of sp³-hybridized carbons (Fsp3) is 0.600. The third-order valence-corrected chi connectivity index (χ3v) is 3.07. The molecule has 0 aliphatic rings. The van der Waals surface area contributed by atoms with E-state index in [9.17, 15) is 5.11 Å². The van der Waals surface area contributed by atoms with Crippen LogP contribution in [0.3, 0.4) is 0 Å². The van der Waals surface area contributed by atoms with Gasteiger partial charge in [0.25, 0.3) is 0 Å². The molecular formula is C15H26N2O. The van der Waals surface area contributed by atoms with E-state index in [0.717, 1.165) is 13.0 Å². The monoisotopic (exact) mass is 250 g/mol. The predicted octanol–water partition coefficient (Wildman–Crippen LogP) is 2.04. The summed E-state index contributed by atoms with van der Waals surface area (Å²) in [6.07, 6.45) is 1.07. The summed E-state index contributed by atoms with van der Waals surface area (Å²) in [6.45, 7) is 7.32. The highest BCUT2D eigenvalue weighted by Gasteiger charge is 2.11. The highest BCUT2D eigenvalue weighted by atomic mass is 16.3. The molecule has 102 valence electrons. The van der Waals surface area contributed by atoms with E-state index in [2.05, 4.69) is 62.3 Å². The molecule has 2 N–H and O–H groups in total. The molecule has 0 fully saturated rings. The number of aliphatic hydroxyl groups excluding tert-OH is 1. The van der Waals surface area contributed by atoms with E-state index in [1.807, 2.05) is 0 Å². The molecule has 1 unspecified atom stereocenters. The molecule has 0 aromatic heterocycles. The summed E-state index contributed by atoms with van der Waals surface area (Å²) in [4.78, 5) is 2.18. The number of hydrogen-bond acceptors (Lipinski definition) is 3. The molecule has 0 amide bonds. The summed E-state index contributed by atoms with van der Waals surface area (Å²) in [5.74, 6) is 0. The fourth-order valence-corrected chi connectivity index (χ4v) is 2.06. The summed E-state index contributed by atoms with van der Waals surface area (Å²) in [6, 6.07) is 9.11. The number of rotatable bonds is 7. The number of aliphatic hydroxyl groups is 1. The quantitative estimate of drug-likeness (QED) is 0.777. The molecule has 0 saturated heterocycles. The van der Waals surface area contributed by atoms with Crippen LogP contribution in [0.2, 0.25) is 0 Å². The van der Waals surface area contributed by atoms with E-state index in [1.54, 1.807) is 0 Å². The molecule has 0 heterocycles. The second-order valence-electron chi connectivity index (χ2n) is 5.10. The smallest absolute Gasteiger partial charge is 0.0602 e.